The van der Waals surface area contributed by atoms with Crippen molar-refractivity contribution in [3.8, 4) is 17.2 Å². The van der Waals surface area contributed by atoms with Gasteiger partial charge < -0.3 is 9.47 Å². The number of hydrogen-bond donors (Lipinski definition) is 0. The molecule has 12 heteroatoms. The van der Waals surface area contributed by atoms with Crippen LogP contribution in [0.1, 0.15) is 58.2 Å². The van der Waals surface area contributed by atoms with Gasteiger partial charge in [-0.1, -0.05) is 48.0 Å². The molecule has 1 atom stereocenters. The van der Waals surface area contributed by atoms with Crippen LogP contribution < -0.4 is 15.0 Å². The number of rotatable bonds is 8. The van der Waals surface area contributed by atoms with E-state index in [2.05, 4.69) is 0 Å². The highest BCUT2D eigenvalue weighted by Gasteiger charge is 2.34. The Hall–Kier alpha value is -3.64. The number of carbonyl (C=O) groups is 1. The third-order valence-electron chi connectivity index (χ3n) is 8.71. The van der Waals surface area contributed by atoms with Gasteiger partial charge >= 0.3 is 0 Å². The molecule has 3 aromatic heterocycles. The smallest absolute Gasteiger partial charge is 0.267 e. The topological polar surface area (TPSA) is 86.0 Å². The van der Waals surface area contributed by atoms with Crippen molar-refractivity contribution in [1.29, 1.82) is 0 Å². The van der Waals surface area contributed by atoms with E-state index in [0.29, 0.717) is 39.2 Å². The second kappa shape index (κ2) is 13.5. The van der Waals surface area contributed by atoms with Crippen LogP contribution in [0.25, 0.3) is 15.9 Å². The second-order valence-corrected chi connectivity index (χ2v) is 15.0. The van der Waals surface area contributed by atoms with Crippen LogP contribution in [0, 0.1) is 6.92 Å². The minimum Gasteiger partial charge on any atom is -0.493 e. The fraction of sp³-hybridized carbons (Fsp3) is 0.314. The summed E-state index contributed by atoms with van der Waals surface area (Å²) in [6.07, 6.45) is 5.73. The van der Waals surface area contributed by atoms with Gasteiger partial charge in [0.1, 0.15) is 4.83 Å². The summed E-state index contributed by atoms with van der Waals surface area (Å²) >= 11 is 11.0. The molecule has 1 aliphatic carbocycles. The summed E-state index contributed by atoms with van der Waals surface area (Å²) in [6.45, 7) is 1.93. The minimum absolute atomic E-state index is 0.0354. The summed E-state index contributed by atoms with van der Waals surface area (Å²) in [5.74, 6) is 1.05. The first-order valence-corrected chi connectivity index (χ1v) is 18.5. The number of aromatic nitrogens is 2. The average molecular weight is 705 g/mol. The van der Waals surface area contributed by atoms with Gasteiger partial charge in [-0.3, -0.25) is 14.2 Å². The normalized spacial score (nSPS) is 16.2. The molecule has 0 fully saturated rings. The molecule has 2 aliphatic rings. The van der Waals surface area contributed by atoms with E-state index in [0.717, 1.165) is 64.2 Å². The van der Waals surface area contributed by atoms with Crippen LogP contribution in [-0.2, 0) is 17.6 Å². The molecule has 5 aromatic rings. The molecule has 1 amide bonds. The van der Waals surface area contributed by atoms with Gasteiger partial charge in [0.15, 0.2) is 16.7 Å². The van der Waals surface area contributed by atoms with Gasteiger partial charge in [-0.15, -0.1) is 22.7 Å². The standard InChI is InChI=1S/C35H33ClN4O4S3/c1-20-11-13-22(17-24(20)36)39-34(42)32-23-8-5-4-6-9-29(23)47-33(32)37-35(39)46-19-31(41)40-26(18-25(38-40)30-10-7-15-45-30)21-12-14-27(43-2)28(16-21)44-3/h7,10-17,26H,4-6,8-9,18-19H2,1-3H3. The summed E-state index contributed by atoms with van der Waals surface area (Å²) < 4.78 is 12.7. The Bertz CT molecular complexity index is 2070. The zero-order chi connectivity index (χ0) is 32.7. The number of fused-ring (bicyclic) bond motifs is 3. The number of halogens is 1. The number of nitrogens with zero attached hydrogens (tertiary/aromatic N) is 4. The van der Waals surface area contributed by atoms with Crippen molar-refractivity contribution in [2.24, 2.45) is 5.10 Å². The lowest BCUT2D eigenvalue weighted by Crippen LogP contribution is -2.29. The van der Waals surface area contributed by atoms with Crippen molar-refractivity contribution < 1.29 is 14.3 Å². The Balaban J connectivity index is 1.26. The fourth-order valence-corrected chi connectivity index (χ4v) is 9.32. The zero-order valence-corrected chi connectivity index (χ0v) is 29.5. The summed E-state index contributed by atoms with van der Waals surface area (Å²) in [7, 11) is 3.19. The zero-order valence-electron chi connectivity index (χ0n) is 26.2. The average Bonchev–Trinajstić information content (AvgIpc) is 3.81. The molecule has 2 aromatic carbocycles. The summed E-state index contributed by atoms with van der Waals surface area (Å²) in [5, 5.41) is 10.1. The lowest BCUT2D eigenvalue weighted by molar-refractivity contribution is -0.130. The largest absolute Gasteiger partial charge is 0.493 e. The molecule has 8 nitrogen and oxygen atoms in total. The summed E-state index contributed by atoms with van der Waals surface area (Å²) in [5.41, 5.74) is 4.30. The number of hydrazone groups is 1. The van der Waals surface area contributed by atoms with Crippen LogP contribution in [0.5, 0.6) is 11.5 Å². The van der Waals surface area contributed by atoms with Gasteiger partial charge in [0, 0.05) is 16.3 Å². The van der Waals surface area contributed by atoms with Crippen molar-refractivity contribution in [3.63, 3.8) is 0 Å². The number of methoxy groups -OCH3 is 2. The van der Waals surface area contributed by atoms with Crippen molar-refractivity contribution in [2.75, 3.05) is 20.0 Å². The number of amides is 1. The van der Waals surface area contributed by atoms with Crippen molar-refractivity contribution in [1.82, 2.24) is 14.6 Å². The van der Waals surface area contributed by atoms with Crippen molar-refractivity contribution in [3.05, 3.63) is 95.7 Å². The highest BCUT2D eigenvalue weighted by Crippen LogP contribution is 2.39. The molecule has 0 bridgehead atoms. The monoisotopic (exact) mass is 704 g/mol. The highest BCUT2D eigenvalue weighted by atomic mass is 35.5. The van der Waals surface area contributed by atoms with E-state index >= 15 is 0 Å². The van der Waals surface area contributed by atoms with E-state index in [-0.39, 0.29) is 23.3 Å². The lowest BCUT2D eigenvalue weighted by atomic mass is 10.0. The third kappa shape index (κ3) is 6.10. The van der Waals surface area contributed by atoms with Gasteiger partial charge in [-0.05, 0) is 85.0 Å². The summed E-state index contributed by atoms with van der Waals surface area (Å²) in [6, 6.07) is 15.0. The number of hydrogen-bond acceptors (Lipinski definition) is 9. The van der Waals surface area contributed by atoms with E-state index in [9.17, 15) is 9.59 Å². The maximum absolute atomic E-state index is 14.4. The number of carbonyl (C=O) groups excluding carboxylic acids is 1. The Morgan fingerprint density at radius 2 is 1.89 bits per heavy atom. The lowest BCUT2D eigenvalue weighted by Gasteiger charge is -2.23. The van der Waals surface area contributed by atoms with Crippen molar-refractivity contribution >= 4 is 67.9 Å². The Kier molecular flexibility index (Phi) is 9.15. The third-order valence-corrected chi connectivity index (χ3v) is 12.1. The van der Waals surface area contributed by atoms with Gasteiger partial charge in [-0.2, -0.15) is 5.10 Å². The molecule has 7 rings (SSSR count). The molecule has 0 saturated carbocycles. The van der Waals surface area contributed by atoms with Crippen LogP contribution in [-0.4, -0.2) is 46.2 Å². The number of thioether (sulfide) groups is 1. The van der Waals surface area contributed by atoms with Gasteiger partial charge in [0.05, 0.1) is 47.7 Å². The SMILES string of the molecule is COc1ccc(C2CC(c3cccs3)=NN2C(=O)CSc2nc3sc4c(c3c(=O)n2-c2ccc(C)c(Cl)c2)CCCCC4)cc1OC. The first-order chi connectivity index (χ1) is 22.9. The molecule has 0 N–H and O–H groups in total. The number of aryl methyl sites for hydroxylation is 3. The minimum atomic E-state index is -0.332. The first kappa shape index (κ1) is 31.9. The maximum Gasteiger partial charge on any atom is 0.267 e. The van der Waals surface area contributed by atoms with E-state index in [1.54, 1.807) is 52.5 Å². The molecule has 0 radical (unpaired) electrons. The molecule has 1 unspecified atom stereocenters. The quantitative estimate of drug-likeness (QED) is 0.0919. The van der Waals surface area contributed by atoms with Gasteiger partial charge in [0.25, 0.3) is 11.5 Å². The van der Waals surface area contributed by atoms with E-state index in [1.807, 2.05) is 54.8 Å². The van der Waals surface area contributed by atoms with Crippen LogP contribution in [0.15, 0.2) is 69.0 Å². The number of ether oxygens (including phenoxy) is 2. The maximum atomic E-state index is 14.4. The molecular formula is C35H33ClN4O4S3. The highest BCUT2D eigenvalue weighted by molar-refractivity contribution is 7.99. The first-order valence-electron chi connectivity index (χ1n) is 15.5. The fourth-order valence-electron chi connectivity index (χ4n) is 6.25. The van der Waals surface area contributed by atoms with E-state index in [1.165, 1.54) is 16.6 Å². The Morgan fingerprint density at radius 3 is 2.66 bits per heavy atom. The van der Waals surface area contributed by atoms with Gasteiger partial charge in [-0.25, -0.2) is 9.99 Å². The predicted octanol–water partition coefficient (Wildman–Crippen LogP) is 8.23. The second-order valence-electron chi connectivity index (χ2n) is 11.6. The Morgan fingerprint density at radius 1 is 1.06 bits per heavy atom. The molecule has 47 heavy (non-hydrogen) atoms. The summed E-state index contributed by atoms with van der Waals surface area (Å²) in [4.78, 5) is 36.5. The molecule has 0 spiro atoms. The number of benzene rings is 2. The molecular weight excluding hydrogens is 672 g/mol. The van der Waals surface area contributed by atoms with Crippen molar-refractivity contribution in [2.45, 2.75) is 56.6 Å². The molecule has 1 aliphatic heterocycles. The van der Waals surface area contributed by atoms with E-state index in [4.69, 9.17) is 31.2 Å². The van der Waals surface area contributed by atoms with E-state index < -0.39 is 0 Å². The van der Waals surface area contributed by atoms with Crippen LogP contribution in [0.4, 0.5) is 0 Å². The van der Waals surface area contributed by atoms with Crippen LogP contribution in [0.2, 0.25) is 5.02 Å². The predicted molar refractivity (Wildman–Crippen MR) is 192 cm³/mol. The molecule has 4 heterocycles. The van der Waals surface area contributed by atoms with Crippen LogP contribution in [0.3, 0.4) is 0 Å². The molecule has 0 saturated heterocycles. The number of thiophene rings is 2. The van der Waals surface area contributed by atoms with Crippen LogP contribution >= 0.6 is 46.0 Å². The Labute approximate surface area is 290 Å². The van der Waals surface area contributed by atoms with Gasteiger partial charge in [0.2, 0.25) is 0 Å². The molecule has 242 valence electrons.